The number of hydrogen-bond donors (Lipinski definition) is 0. The molecule has 1 nitrogen and oxygen atoms in total. The van der Waals surface area contributed by atoms with Crippen LogP contribution in [0.2, 0.25) is 5.02 Å². The number of benzene rings is 2. The van der Waals surface area contributed by atoms with E-state index in [1.54, 1.807) is 0 Å². The van der Waals surface area contributed by atoms with Gasteiger partial charge in [-0.1, -0.05) is 29.8 Å². The van der Waals surface area contributed by atoms with Gasteiger partial charge in [-0.05, 0) is 29.8 Å². The van der Waals surface area contributed by atoms with Crippen LogP contribution < -0.4 is 4.74 Å². The predicted octanol–water partition coefficient (Wildman–Crippen LogP) is 5.63. The Morgan fingerprint density at radius 3 is 2.24 bits per heavy atom. The lowest BCUT2D eigenvalue weighted by Crippen LogP contribution is -2.08. The van der Waals surface area contributed by atoms with Crippen molar-refractivity contribution in [2.45, 2.75) is 12.8 Å². The maximum atomic E-state index is 13.0. The molecule has 112 valence electrons. The highest BCUT2D eigenvalue weighted by Crippen LogP contribution is 2.41. The summed E-state index contributed by atoms with van der Waals surface area (Å²) in [4.78, 5) is 0. The van der Waals surface area contributed by atoms with Crippen LogP contribution in [0.25, 0.3) is 11.1 Å². The summed E-state index contributed by atoms with van der Waals surface area (Å²) in [6.45, 7) is -3.17. The second-order valence-electron chi connectivity index (χ2n) is 4.06. The van der Waals surface area contributed by atoms with Crippen LogP contribution in [0.5, 0.6) is 5.75 Å². The van der Waals surface area contributed by atoms with Crippen LogP contribution in [0.4, 0.5) is 22.0 Å². The van der Waals surface area contributed by atoms with E-state index in [4.69, 9.17) is 11.6 Å². The topological polar surface area (TPSA) is 9.23 Å². The zero-order valence-electron chi connectivity index (χ0n) is 10.3. The number of halogens is 6. The van der Waals surface area contributed by atoms with Crippen molar-refractivity contribution >= 4 is 11.6 Å². The monoisotopic (exact) mass is 322 g/mol. The molecule has 0 aliphatic carbocycles. The molecule has 2 rings (SSSR count). The Morgan fingerprint density at radius 1 is 0.952 bits per heavy atom. The maximum absolute atomic E-state index is 13.0. The van der Waals surface area contributed by atoms with E-state index in [0.29, 0.717) is 0 Å². The zero-order chi connectivity index (χ0) is 15.6. The van der Waals surface area contributed by atoms with Gasteiger partial charge in [0, 0.05) is 10.6 Å². The summed E-state index contributed by atoms with van der Waals surface area (Å²) in [5.41, 5.74) is -1.30. The molecular weight excluding hydrogens is 315 g/mol. The Hall–Kier alpha value is -1.82. The van der Waals surface area contributed by atoms with E-state index in [-0.39, 0.29) is 16.1 Å². The van der Waals surface area contributed by atoms with E-state index >= 15 is 0 Å². The quantitative estimate of drug-likeness (QED) is 0.666. The van der Waals surface area contributed by atoms with E-state index in [0.717, 1.165) is 12.1 Å². The van der Waals surface area contributed by atoms with E-state index in [9.17, 15) is 22.0 Å². The van der Waals surface area contributed by atoms with Gasteiger partial charge in [0.25, 0.3) is 0 Å². The van der Waals surface area contributed by atoms with Crippen LogP contribution in [0, 0.1) is 0 Å². The highest BCUT2D eigenvalue weighted by molar-refractivity contribution is 6.30. The van der Waals surface area contributed by atoms with Crippen molar-refractivity contribution in [2.75, 3.05) is 0 Å². The highest BCUT2D eigenvalue weighted by atomic mass is 35.5. The van der Waals surface area contributed by atoms with E-state index < -0.39 is 24.1 Å². The summed E-state index contributed by atoms with van der Waals surface area (Å²) < 4.78 is 68.0. The molecule has 0 radical (unpaired) electrons. The molecule has 2 aromatic carbocycles. The SMILES string of the molecule is FC(F)Oc1cc(Cl)ccc1-c1ccccc1C(F)(F)F. The first kappa shape index (κ1) is 15.6. The molecule has 7 heteroatoms. The Kier molecular flexibility index (Phi) is 4.37. The van der Waals surface area contributed by atoms with Crippen molar-refractivity contribution in [3.63, 3.8) is 0 Å². The smallest absolute Gasteiger partial charge is 0.417 e. The van der Waals surface area contributed by atoms with Gasteiger partial charge < -0.3 is 4.74 Å². The Balaban J connectivity index is 2.62. The first-order valence-electron chi connectivity index (χ1n) is 5.70. The lowest BCUT2D eigenvalue weighted by molar-refractivity contribution is -0.137. The fourth-order valence-electron chi connectivity index (χ4n) is 1.88. The molecule has 0 aliphatic heterocycles. The largest absolute Gasteiger partial charge is 0.434 e. The lowest BCUT2D eigenvalue weighted by atomic mass is 9.98. The fourth-order valence-corrected chi connectivity index (χ4v) is 2.04. The minimum atomic E-state index is -4.61. The first-order valence-corrected chi connectivity index (χ1v) is 6.08. The number of rotatable bonds is 3. The molecule has 21 heavy (non-hydrogen) atoms. The molecule has 0 saturated heterocycles. The third-order valence-electron chi connectivity index (χ3n) is 2.68. The average Bonchev–Trinajstić information content (AvgIpc) is 2.37. The van der Waals surface area contributed by atoms with Crippen molar-refractivity contribution in [3.05, 3.63) is 53.1 Å². The summed E-state index contributed by atoms with van der Waals surface area (Å²) in [6.07, 6.45) is -4.61. The van der Waals surface area contributed by atoms with Crippen molar-refractivity contribution in [1.82, 2.24) is 0 Å². The van der Waals surface area contributed by atoms with Gasteiger partial charge in [-0.2, -0.15) is 22.0 Å². The third-order valence-corrected chi connectivity index (χ3v) is 2.92. The second-order valence-corrected chi connectivity index (χ2v) is 4.50. The molecule has 0 N–H and O–H groups in total. The highest BCUT2D eigenvalue weighted by Gasteiger charge is 2.34. The average molecular weight is 323 g/mol. The number of alkyl halides is 5. The Bertz CT molecular complexity index is 640. The van der Waals surface area contributed by atoms with Crippen LogP contribution >= 0.6 is 11.6 Å². The number of ether oxygens (including phenoxy) is 1. The molecule has 0 fully saturated rings. The molecule has 0 saturated carbocycles. The zero-order valence-corrected chi connectivity index (χ0v) is 11.1. The maximum Gasteiger partial charge on any atom is 0.417 e. The Morgan fingerprint density at radius 2 is 1.62 bits per heavy atom. The predicted molar refractivity (Wildman–Crippen MR) is 68.5 cm³/mol. The van der Waals surface area contributed by atoms with Gasteiger partial charge in [-0.15, -0.1) is 0 Å². The van der Waals surface area contributed by atoms with Gasteiger partial charge in [-0.3, -0.25) is 0 Å². The third kappa shape index (κ3) is 3.64. The van der Waals surface area contributed by atoms with Gasteiger partial charge >= 0.3 is 12.8 Å². The molecule has 0 atom stereocenters. The van der Waals surface area contributed by atoms with Crippen LogP contribution in [0.3, 0.4) is 0 Å². The van der Waals surface area contributed by atoms with Gasteiger partial charge in [0.15, 0.2) is 0 Å². The van der Waals surface area contributed by atoms with Crippen molar-refractivity contribution in [3.8, 4) is 16.9 Å². The summed E-state index contributed by atoms with van der Waals surface area (Å²) in [5, 5.41) is 0.0823. The molecule has 0 aliphatic rings. The van der Waals surface area contributed by atoms with Crippen molar-refractivity contribution in [2.24, 2.45) is 0 Å². The minimum absolute atomic E-state index is 0.0823. The van der Waals surface area contributed by atoms with E-state index in [1.807, 2.05) is 0 Å². The van der Waals surface area contributed by atoms with E-state index in [2.05, 4.69) is 4.74 Å². The normalized spacial score (nSPS) is 11.8. The summed E-state index contributed by atoms with van der Waals surface area (Å²) in [7, 11) is 0. The van der Waals surface area contributed by atoms with E-state index in [1.165, 1.54) is 30.3 Å². The molecule has 0 amide bonds. The number of hydrogen-bond acceptors (Lipinski definition) is 1. The minimum Gasteiger partial charge on any atom is -0.434 e. The summed E-state index contributed by atoms with van der Waals surface area (Å²) in [5.74, 6) is -0.408. The standard InChI is InChI=1S/C14H8ClF5O/c15-8-5-6-10(12(7-8)21-13(16)17)9-3-1-2-4-11(9)14(18,19)20/h1-7,13H. The van der Waals surface area contributed by atoms with Crippen molar-refractivity contribution < 1.29 is 26.7 Å². The molecule has 0 bridgehead atoms. The van der Waals surface area contributed by atoms with Gasteiger partial charge in [0.1, 0.15) is 5.75 Å². The molecule has 2 aromatic rings. The van der Waals surface area contributed by atoms with Gasteiger partial charge in [0.05, 0.1) is 5.56 Å². The van der Waals surface area contributed by atoms with Gasteiger partial charge in [-0.25, -0.2) is 0 Å². The van der Waals surface area contributed by atoms with Crippen LogP contribution in [-0.4, -0.2) is 6.61 Å². The first-order chi connectivity index (χ1) is 9.79. The van der Waals surface area contributed by atoms with Crippen LogP contribution in [-0.2, 0) is 6.18 Å². The van der Waals surface area contributed by atoms with Crippen LogP contribution in [0.15, 0.2) is 42.5 Å². The van der Waals surface area contributed by atoms with Crippen molar-refractivity contribution in [1.29, 1.82) is 0 Å². The molecular formula is C14H8ClF5O. The molecule has 0 spiro atoms. The fraction of sp³-hybridized carbons (Fsp3) is 0.143. The summed E-state index contributed by atoms with van der Waals surface area (Å²) in [6, 6.07) is 8.23. The molecule has 0 unspecified atom stereocenters. The summed E-state index contributed by atoms with van der Waals surface area (Å²) >= 11 is 5.67. The van der Waals surface area contributed by atoms with Gasteiger partial charge in [0.2, 0.25) is 0 Å². The van der Waals surface area contributed by atoms with Crippen LogP contribution in [0.1, 0.15) is 5.56 Å². The molecule has 0 heterocycles. The second kappa shape index (κ2) is 5.89. The lowest BCUT2D eigenvalue weighted by Gasteiger charge is -2.16. The molecule has 0 aromatic heterocycles. The Labute approximate surface area is 121 Å².